The SMILES string of the molecule is CC(C)N([Te]N(C(C)C)C(C)C)C(C)C. The fraction of sp³-hybridized carbons (Fsp3) is 1.00. The van der Waals surface area contributed by atoms with E-state index >= 15 is 0 Å². The van der Waals surface area contributed by atoms with Gasteiger partial charge in [-0.05, 0) is 0 Å². The first-order chi connectivity index (χ1) is 6.77. The van der Waals surface area contributed by atoms with Crippen LogP contribution in [-0.2, 0) is 0 Å². The predicted molar refractivity (Wildman–Crippen MR) is 70.0 cm³/mol. The summed E-state index contributed by atoms with van der Waals surface area (Å²) in [4.78, 5) is 0. The first-order valence-electron chi connectivity index (χ1n) is 6.02. The van der Waals surface area contributed by atoms with E-state index in [1.165, 1.54) is 0 Å². The first-order valence-corrected chi connectivity index (χ1v) is 8.10. The number of rotatable bonds is 6. The Morgan fingerprint density at radius 2 is 0.733 bits per heavy atom. The Hall–Kier alpha value is 0.710. The van der Waals surface area contributed by atoms with Crippen LogP contribution in [0.4, 0.5) is 0 Å². The van der Waals surface area contributed by atoms with E-state index in [-0.39, 0.29) is 21.5 Å². The maximum absolute atomic E-state index is 2.67. The van der Waals surface area contributed by atoms with Gasteiger partial charge in [-0.25, -0.2) is 0 Å². The Labute approximate surface area is 107 Å². The van der Waals surface area contributed by atoms with Crippen LogP contribution in [0.5, 0.6) is 0 Å². The minimum absolute atomic E-state index is 0.197. The zero-order chi connectivity index (χ0) is 12.2. The molecule has 0 amide bonds. The molecule has 0 saturated carbocycles. The molecule has 0 aromatic carbocycles. The van der Waals surface area contributed by atoms with Crippen LogP contribution in [0.1, 0.15) is 55.4 Å². The van der Waals surface area contributed by atoms with Crippen LogP contribution >= 0.6 is 0 Å². The van der Waals surface area contributed by atoms with E-state index in [0.29, 0.717) is 24.2 Å². The molecule has 0 aliphatic rings. The topological polar surface area (TPSA) is 6.48 Å². The summed E-state index contributed by atoms with van der Waals surface area (Å²) in [6.45, 7) is 18.5. The van der Waals surface area contributed by atoms with E-state index in [4.69, 9.17) is 0 Å². The summed E-state index contributed by atoms with van der Waals surface area (Å²) in [7, 11) is 0. The van der Waals surface area contributed by atoms with Crippen LogP contribution in [0.3, 0.4) is 0 Å². The van der Waals surface area contributed by atoms with Crippen molar-refractivity contribution in [2.24, 2.45) is 0 Å². The van der Waals surface area contributed by atoms with Gasteiger partial charge in [0.25, 0.3) is 0 Å². The van der Waals surface area contributed by atoms with Crippen LogP contribution in [0.2, 0.25) is 0 Å². The van der Waals surface area contributed by atoms with E-state index < -0.39 is 0 Å². The molecule has 0 aliphatic carbocycles. The summed E-state index contributed by atoms with van der Waals surface area (Å²) in [6, 6.07) is 2.69. The van der Waals surface area contributed by atoms with E-state index in [1.807, 2.05) is 0 Å². The van der Waals surface area contributed by atoms with Gasteiger partial charge in [0.05, 0.1) is 0 Å². The van der Waals surface area contributed by atoms with Crippen molar-refractivity contribution in [3.63, 3.8) is 0 Å². The first kappa shape index (κ1) is 15.7. The molecule has 15 heavy (non-hydrogen) atoms. The molecule has 0 unspecified atom stereocenters. The Morgan fingerprint density at radius 3 is 0.867 bits per heavy atom. The molecule has 0 N–H and O–H groups in total. The van der Waals surface area contributed by atoms with Crippen LogP contribution < -0.4 is 0 Å². The van der Waals surface area contributed by atoms with Gasteiger partial charge in [0.2, 0.25) is 0 Å². The molecule has 92 valence electrons. The molecule has 0 fully saturated rings. The zero-order valence-corrected chi connectivity index (χ0v) is 13.9. The summed E-state index contributed by atoms with van der Waals surface area (Å²) in [5.74, 6) is 0. The summed E-state index contributed by atoms with van der Waals surface area (Å²) >= 11 is -0.197. The van der Waals surface area contributed by atoms with Crippen molar-refractivity contribution in [2.75, 3.05) is 0 Å². The van der Waals surface area contributed by atoms with Crippen LogP contribution in [0.15, 0.2) is 0 Å². The van der Waals surface area contributed by atoms with Crippen LogP contribution in [0, 0.1) is 0 Å². The second-order valence-corrected chi connectivity index (χ2v) is 8.05. The third kappa shape index (κ3) is 5.54. The summed E-state index contributed by atoms with van der Waals surface area (Å²) < 4.78 is 5.34. The summed E-state index contributed by atoms with van der Waals surface area (Å²) in [5, 5.41) is 0. The van der Waals surface area contributed by atoms with E-state index in [2.05, 4.69) is 61.7 Å². The molecule has 0 rings (SSSR count). The summed E-state index contributed by atoms with van der Waals surface area (Å²) in [6.07, 6.45) is 0. The van der Waals surface area contributed by atoms with E-state index in [1.54, 1.807) is 0 Å². The van der Waals surface area contributed by atoms with Gasteiger partial charge in [0.1, 0.15) is 0 Å². The fourth-order valence-corrected chi connectivity index (χ4v) is 4.45. The predicted octanol–water partition coefficient (Wildman–Crippen LogP) is 2.76. The van der Waals surface area contributed by atoms with Crippen molar-refractivity contribution >= 4 is 21.5 Å². The van der Waals surface area contributed by atoms with Crippen molar-refractivity contribution in [1.82, 2.24) is 6.30 Å². The molecule has 2 nitrogen and oxygen atoms in total. The number of hydrogen-bond acceptors (Lipinski definition) is 2. The molecule has 0 spiro atoms. The van der Waals surface area contributed by atoms with Gasteiger partial charge < -0.3 is 0 Å². The molecule has 3 heteroatoms. The molecule has 0 atom stereocenters. The van der Waals surface area contributed by atoms with Gasteiger partial charge in [-0.15, -0.1) is 0 Å². The van der Waals surface area contributed by atoms with Crippen molar-refractivity contribution in [2.45, 2.75) is 79.6 Å². The standard InChI is InChI=1S/C12H28N2Te/c1-9(2)13(10(3)4)15-14(11(5)6)12(7)8/h9-12H,1-8H3. The molecule has 0 radical (unpaired) electrons. The Bertz CT molecular complexity index is 133. The Balaban J connectivity index is 4.48. The normalized spacial score (nSPS) is 13.2. The zero-order valence-electron chi connectivity index (χ0n) is 11.6. The molecule has 0 bridgehead atoms. The molecule has 0 aliphatic heterocycles. The van der Waals surface area contributed by atoms with Gasteiger partial charge >= 0.3 is 107 Å². The second kappa shape index (κ2) is 7.12. The van der Waals surface area contributed by atoms with E-state index in [9.17, 15) is 0 Å². The van der Waals surface area contributed by atoms with Gasteiger partial charge in [-0.1, -0.05) is 0 Å². The van der Waals surface area contributed by atoms with E-state index in [0.717, 1.165) is 0 Å². The molecular formula is C12H28N2Te. The second-order valence-electron chi connectivity index (χ2n) is 5.18. The molecule has 0 aromatic rings. The van der Waals surface area contributed by atoms with Gasteiger partial charge in [-0.3, -0.25) is 0 Å². The quantitative estimate of drug-likeness (QED) is 0.692. The Kier molecular flexibility index (Phi) is 7.45. The molecule has 0 heterocycles. The number of hydrogen-bond donors (Lipinski definition) is 0. The maximum atomic E-state index is 2.67. The third-order valence-electron chi connectivity index (χ3n) is 2.22. The average molecular weight is 328 g/mol. The van der Waals surface area contributed by atoms with Gasteiger partial charge in [0, 0.05) is 0 Å². The van der Waals surface area contributed by atoms with Crippen molar-refractivity contribution in [1.29, 1.82) is 0 Å². The number of nitrogens with zero attached hydrogens (tertiary/aromatic N) is 2. The molecule has 0 aromatic heterocycles. The van der Waals surface area contributed by atoms with Crippen LogP contribution in [0.25, 0.3) is 0 Å². The third-order valence-corrected chi connectivity index (χ3v) is 8.11. The molecule has 0 saturated heterocycles. The Morgan fingerprint density at radius 1 is 0.533 bits per heavy atom. The summed E-state index contributed by atoms with van der Waals surface area (Å²) in [5.41, 5.74) is 0. The molecular weight excluding hydrogens is 300 g/mol. The van der Waals surface area contributed by atoms with Gasteiger partial charge in [0.15, 0.2) is 0 Å². The van der Waals surface area contributed by atoms with Crippen LogP contribution in [-0.4, -0.2) is 51.9 Å². The van der Waals surface area contributed by atoms with Crippen molar-refractivity contribution in [3.8, 4) is 0 Å². The minimum atomic E-state index is -0.197. The monoisotopic (exact) mass is 330 g/mol. The van der Waals surface area contributed by atoms with Crippen molar-refractivity contribution < 1.29 is 0 Å². The van der Waals surface area contributed by atoms with Crippen molar-refractivity contribution in [3.05, 3.63) is 0 Å². The average Bonchev–Trinajstić information content (AvgIpc) is 2.01. The fourth-order valence-electron chi connectivity index (χ4n) is 1.68. The van der Waals surface area contributed by atoms with Gasteiger partial charge in [-0.2, -0.15) is 0 Å².